The fraction of sp³-hybridized carbons (Fsp3) is 0.409. The number of hydrogen-bond acceptors (Lipinski definition) is 8. The van der Waals surface area contributed by atoms with Crippen molar-refractivity contribution in [1.29, 1.82) is 0 Å². The molecule has 1 aliphatic heterocycles. The zero-order valence-electron chi connectivity index (χ0n) is 17.9. The van der Waals surface area contributed by atoms with Crippen molar-refractivity contribution in [3.63, 3.8) is 0 Å². The van der Waals surface area contributed by atoms with Crippen molar-refractivity contribution in [3.8, 4) is 0 Å². The molecule has 2 aromatic rings. The van der Waals surface area contributed by atoms with Gasteiger partial charge in [-0.05, 0) is 44.9 Å². The van der Waals surface area contributed by atoms with Gasteiger partial charge in [0.05, 0.1) is 23.4 Å². The van der Waals surface area contributed by atoms with Crippen LogP contribution in [-0.4, -0.2) is 49.6 Å². The summed E-state index contributed by atoms with van der Waals surface area (Å²) in [6.07, 6.45) is 5.52. The number of aromatic nitrogens is 1. The van der Waals surface area contributed by atoms with E-state index in [0.29, 0.717) is 43.2 Å². The number of sulfone groups is 1. The summed E-state index contributed by atoms with van der Waals surface area (Å²) in [5, 5.41) is 7.01. The number of hydrogen-bond donors (Lipinski definition) is 1. The predicted octanol–water partition coefficient (Wildman–Crippen LogP) is 3.65. The Kier molecular flexibility index (Phi) is 6.73. The fourth-order valence-corrected chi connectivity index (χ4v) is 5.70. The topological polar surface area (TPSA) is 107 Å². The lowest BCUT2D eigenvalue weighted by Gasteiger charge is -2.10. The number of nitrogens with one attached hydrogen (secondary N) is 1. The van der Waals surface area contributed by atoms with Gasteiger partial charge >= 0.3 is 0 Å². The van der Waals surface area contributed by atoms with Crippen LogP contribution >= 0.6 is 11.3 Å². The normalized spacial score (nSPS) is 18.9. The molecule has 8 nitrogen and oxygen atoms in total. The largest absolute Gasteiger partial charge is 0.389 e. The lowest BCUT2D eigenvalue weighted by atomic mass is 10.1. The Morgan fingerprint density at radius 2 is 2.00 bits per heavy atom. The van der Waals surface area contributed by atoms with Crippen molar-refractivity contribution < 1.29 is 22.8 Å². The van der Waals surface area contributed by atoms with Gasteiger partial charge in [0.15, 0.2) is 26.8 Å². The van der Waals surface area contributed by atoms with Crippen LogP contribution in [0.2, 0.25) is 0 Å². The summed E-state index contributed by atoms with van der Waals surface area (Å²) >= 11 is 1.35. The molecule has 1 atom stereocenters. The van der Waals surface area contributed by atoms with Crippen LogP contribution in [0.5, 0.6) is 0 Å². The third-order valence-electron chi connectivity index (χ3n) is 4.99. The molecule has 1 saturated carbocycles. The number of carbonyl (C=O) groups excluding carboxylic acids is 1. The summed E-state index contributed by atoms with van der Waals surface area (Å²) in [5.74, 6) is -0.486. The number of thiazole rings is 1. The average molecular weight is 476 g/mol. The number of rotatable bonds is 8. The molecule has 1 saturated heterocycles. The number of carbonyl (C=O) groups is 1. The molecule has 0 spiro atoms. The lowest BCUT2D eigenvalue weighted by Crippen LogP contribution is -2.25. The van der Waals surface area contributed by atoms with Crippen LogP contribution < -0.4 is 5.32 Å². The van der Waals surface area contributed by atoms with E-state index < -0.39 is 15.7 Å². The zero-order valence-corrected chi connectivity index (χ0v) is 19.5. The number of allylic oxidation sites excluding steroid dienone is 1. The van der Waals surface area contributed by atoms with Gasteiger partial charge in [0.2, 0.25) is 0 Å². The third kappa shape index (κ3) is 5.43. The Labute approximate surface area is 191 Å². The molecular weight excluding hydrogens is 450 g/mol. The van der Waals surface area contributed by atoms with Crippen molar-refractivity contribution >= 4 is 44.0 Å². The molecule has 0 radical (unpaired) electrons. The molecule has 32 heavy (non-hydrogen) atoms. The third-order valence-corrected chi connectivity index (χ3v) is 8.13. The minimum atomic E-state index is -3.31. The highest BCUT2D eigenvalue weighted by molar-refractivity contribution is 7.92. The maximum absolute atomic E-state index is 13.0. The molecule has 2 aliphatic rings. The van der Waals surface area contributed by atoms with Gasteiger partial charge in [0.1, 0.15) is 0 Å². The van der Waals surface area contributed by atoms with E-state index in [1.165, 1.54) is 23.5 Å². The first-order valence-corrected chi connectivity index (χ1v) is 12.8. The molecule has 2 fully saturated rings. The molecule has 0 unspecified atom stereocenters. The van der Waals surface area contributed by atoms with Gasteiger partial charge in [0.25, 0.3) is 5.91 Å². The van der Waals surface area contributed by atoms with Crippen LogP contribution in [0.15, 0.2) is 46.1 Å². The van der Waals surface area contributed by atoms with Gasteiger partial charge in [-0.2, -0.15) is 0 Å². The fourth-order valence-electron chi connectivity index (χ4n) is 3.17. The van der Waals surface area contributed by atoms with Crippen LogP contribution in [0.3, 0.4) is 0 Å². The maximum Gasteiger partial charge on any atom is 0.280 e. The van der Waals surface area contributed by atoms with E-state index in [4.69, 9.17) is 9.57 Å². The van der Waals surface area contributed by atoms with Crippen molar-refractivity contribution in [3.05, 3.63) is 46.5 Å². The highest BCUT2D eigenvalue weighted by Crippen LogP contribution is 2.33. The van der Waals surface area contributed by atoms with E-state index in [2.05, 4.69) is 15.5 Å². The summed E-state index contributed by atoms with van der Waals surface area (Å²) in [4.78, 5) is 24.0. The van der Waals surface area contributed by atoms with E-state index in [-0.39, 0.29) is 22.0 Å². The first-order chi connectivity index (χ1) is 15.3. The van der Waals surface area contributed by atoms with E-state index in [9.17, 15) is 13.2 Å². The molecular formula is C22H25N3O5S2. The quantitative estimate of drug-likeness (QED) is 0.461. The Hall–Kier alpha value is -2.56. The first-order valence-electron chi connectivity index (χ1n) is 10.4. The Balaban J connectivity index is 1.56. The number of ether oxygens (including phenoxy) is 1. The molecule has 2 heterocycles. The molecule has 0 bridgehead atoms. The van der Waals surface area contributed by atoms with Gasteiger partial charge in [-0.1, -0.05) is 34.2 Å². The monoisotopic (exact) mass is 475 g/mol. The highest BCUT2D eigenvalue weighted by Gasteiger charge is 2.36. The minimum Gasteiger partial charge on any atom is -0.389 e. The maximum atomic E-state index is 13.0. The van der Waals surface area contributed by atoms with Crippen LogP contribution in [0, 0.1) is 0 Å². The first kappa shape index (κ1) is 22.6. The number of nitrogens with zero attached hydrogens (tertiary/aromatic N) is 2. The molecule has 1 aromatic carbocycles. The molecule has 1 aromatic heterocycles. The van der Waals surface area contributed by atoms with Gasteiger partial charge in [0, 0.05) is 23.1 Å². The average Bonchev–Trinajstić information content (AvgIpc) is 3.34. The molecule has 1 N–H and O–H groups in total. The Morgan fingerprint density at radius 1 is 1.25 bits per heavy atom. The van der Waals surface area contributed by atoms with Crippen LogP contribution in [0.1, 0.15) is 43.6 Å². The highest BCUT2D eigenvalue weighted by atomic mass is 32.2. The number of anilines is 1. The SMILES string of the molecule is CC(C)=Cc1cnc(NC(=O)C(=NO[C@@H]2CCOC2)c2ccc(S(=O)(=O)C3CC3)cc2)s1. The van der Waals surface area contributed by atoms with E-state index >= 15 is 0 Å². The lowest BCUT2D eigenvalue weighted by molar-refractivity contribution is -0.110. The second-order valence-electron chi connectivity index (χ2n) is 8.04. The van der Waals surface area contributed by atoms with E-state index in [0.717, 1.165) is 10.5 Å². The second kappa shape index (κ2) is 9.51. The Bertz CT molecular complexity index is 1140. The summed E-state index contributed by atoms with van der Waals surface area (Å²) in [5.41, 5.74) is 1.63. The van der Waals surface area contributed by atoms with Crippen molar-refractivity contribution in [2.75, 3.05) is 18.5 Å². The molecule has 170 valence electrons. The van der Waals surface area contributed by atoms with Gasteiger partial charge < -0.3 is 9.57 Å². The van der Waals surface area contributed by atoms with E-state index in [1.54, 1.807) is 18.3 Å². The summed E-state index contributed by atoms with van der Waals surface area (Å²) in [7, 11) is -3.31. The van der Waals surface area contributed by atoms with Crippen molar-refractivity contribution in [2.24, 2.45) is 5.16 Å². The summed E-state index contributed by atoms with van der Waals surface area (Å²) < 4.78 is 30.2. The van der Waals surface area contributed by atoms with Crippen LogP contribution in [0.4, 0.5) is 5.13 Å². The molecule has 4 rings (SSSR count). The zero-order chi connectivity index (χ0) is 22.7. The van der Waals surface area contributed by atoms with Crippen molar-refractivity contribution in [1.82, 2.24) is 4.98 Å². The van der Waals surface area contributed by atoms with Crippen LogP contribution in [-0.2, 0) is 24.2 Å². The van der Waals surface area contributed by atoms with Crippen molar-refractivity contribution in [2.45, 2.75) is 49.4 Å². The molecule has 1 aliphatic carbocycles. The molecule has 10 heteroatoms. The van der Waals surface area contributed by atoms with E-state index in [1.807, 2.05) is 19.9 Å². The minimum absolute atomic E-state index is 0.0474. The molecule has 1 amide bonds. The number of oxime groups is 1. The Morgan fingerprint density at radius 3 is 2.62 bits per heavy atom. The van der Waals surface area contributed by atoms with Crippen LogP contribution in [0.25, 0.3) is 6.08 Å². The van der Waals surface area contributed by atoms with Gasteiger partial charge in [-0.15, -0.1) is 0 Å². The number of amides is 1. The van der Waals surface area contributed by atoms with Gasteiger partial charge in [-0.25, -0.2) is 13.4 Å². The van der Waals surface area contributed by atoms with Gasteiger partial charge in [-0.3, -0.25) is 10.1 Å². The number of benzene rings is 1. The summed E-state index contributed by atoms with van der Waals surface area (Å²) in [6.45, 7) is 4.97. The summed E-state index contributed by atoms with van der Waals surface area (Å²) in [6, 6.07) is 6.19. The predicted molar refractivity (Wildman–Crippen MR) is 124 cm³/mol. The second-order valence-corrected chi connectivity index (χ2v) is 11.3. The smallest absolute Gasteiger partial charge is 0.280 e. The standard InChI is InChI=1S/C22H25N3O5S2/c1-14(2)11-17-12-23-22(31-17)24-21(26)20(25-30-16-9-10-29-13-16)15-3-5-18(6-4-15)32(27,28)19-7-8-19/h3-6,11-12,16,19H,7-10,13H2,1-2H3,(H,23,24,26)/t16-/m1/s1.